The Labute approximate surface area is 97.7 Å². The summed E-state index contributed by atoms with van der Waals surface area (Å²) in [6.07, 6.45) is 4.95. The highest BCUT2D eigenvalue weighted by molar-refractivity contribution is 5.28. The summed E-state index contributed by atoms with van der Waals surface area (Å²) in [5.41, 5.74) is 2.45. The quantitative estimate of drug-likeness (QED) is 0.816. The van der Waals surface area contributed by atoms with Gasteiger partial charge in [-0.15, -0.1) is 0 Å². The van der Waals surface area contributed by atoms with Gasteiger partial charge in [-0.25, -0.2) is 0 Å². The molecule has 0 radical (unpaired) electrons. The Hall–Kier alpha value is -0.860. The number of hydrogen-bond donors (Lipinski definition) is 2. The molecule has 0 bridgehead atoms. The Kier molecular flexibility index (Phi) is 3.97. The van der Waals surface area contributed by atoms with Crippen LogP contribution in [0.2, 0.25) is 0 Å². The Morgan fingerprint density at radius 2 is 2.12 bits per heavy atom. The minimum Gasteiger partial charge on any atom is -0.387 e. The first-order valence-corrected chi connectivity index (χ1v) is 6.24. The van der Waals surface area contributed by atoms with Crippen molar-refractivity contribution in [1.29, 1.82) is 0 Å². The second-order valence-corrected chi connectivity index (χ2v) is 4.72. The number of aliphatic hydroxyl groups excluding tert-OH is 1. The van der Waals surface area contributed by atoms with E-state index in [1.165, 1.54) is 31.2 Å². The minimum atomic E-state index is -0.383. The lowest BCUT2D eigenvalue weighted by atomic mass is 9.95. The standard InChI is InChI=1S/C14H21NO/c1-15-10-14(16)13-8-4-7-12(9-13)11-5-2-3-6-11/h4,7-9,11,14-16H,2-3,5-6,10H2,1H3. The van der Waals surface area contributed by atoms with E-state index in [2.05, 4.69) is 23.5 Å². The summed E-state index contributed by atoms with van der Waals surface area (Å²) in [5, 5.41) is 12.9. The van der Waals surface area contributed by atoms with E-state index in [0.29, 0.717) is 6.54 Å². The number of hydrogen-bond acceptors (Lipinski definition) is 2. The predicted octanol–water partition coefficient (Wildman–Crippen LogP) is 2.60. The topological polar surface area (TPSA) is 32.3 Å². The van der Waals surface area contributed by atoms with E-state index in [4.69, 9.17) is 0 Å². The smallest absolute Gasteiger partial charge is 0.0914 e. The lowest BCUT2D eigenvalue weighted by Gasteiger charge is -2.14. The van der Waals surface area contributed by atoms with Crippen LogP contribution < -0.4 is 5.32 Å². The zero-order chi connectivity index (χ0) is 11.4. The third-order valence-corrected chi connectivity index (χ3v) is 3.52. The summed E-state index contributed by atoms with van der Waals surface area (Å²) in [6.45, 7) is 0.619. The summed E-state index contributed by atoms with van der Waals surface area (Å²) in [5.74, 6) is 0.724. The molecule has 2 rings (SSSR count). The second kappa shape index (κ2) is 5.46. The maximum absolute atomic E-state index is 9.93. The van der Waals surface area contributed by atoms with Gasteiger partial charge in [0.1, 0.15) is 0 Å². The van der Waals surface area contributed by atoms with Crippen LogP contribution in [0.1, 0.15) is 48.8 Å². The molecule has 0 saturated heterocycles. The SMILES string of the molecule is CNCC(O)c1cccc(C2CCCC2)c1. The number of likely N-dealkylation sites (N-methyl/N-ethyl adjacent to an activating group) is 1. The molecule has 0 spiro atoms. The van der Waals surface area contributed by atoms with E-state index in [1.807, 2.05) is 13.1 Å². The fraction of sp³-hybridized carbons (Fsp3) is 0.571. The van der Waals surface area contributed by atoms with Gasteiger partial charge in [-0.05, 0) is 36.9 Å². The lowest BCUT2D eigenvalue weighted by Crippen LogP contribution is -2.16. The summed E-state index contributed by atoms with van der Waals surface area (Å²) in [7, 11) is 1.87. The van der Waals surface area contributed by atoms with Gasteiger partial charge < -0.3 is 10.4 Å². The van der Waals surface area contributed by atoms with Crippen LogP contribution in [0.25, 0.3) is 0 Å². The molecule has 1 unspecified atom stereocenters. The van der Waals surface area contributed by atoms with E-state index < -0.39 is 0 Å². The van der Waals surface area contributed by atoms with Gasteiger partial charge in [0.05, 0.1) is 6.10 Å². The molecule has 1 aromatic carbocycles. The molecular weight excluding hydrogens is 198 g/mol. The van der Waals surface area contributed by atoms with Crippen molar-refractivity contribution < 1.29 is 5.11 Å². The molecule has 1 aliphatic carbocycles. The fourth-order valence-electron chi connectivity index (χ4n) is 2.59. The van der Waals surface area contributed by atoms with Crippen molar-refractivity contribution in [3.8, 4) is 0 Å². The molecule has 16 heavy (non-hydrogen) atoms. The molecule has 2 N–H and O–H groups in total. The molecule has 2 nitrogen and oxygen atoms in total. The molecule has 1 aromatic rings. The third kappa shape index (κ3) is 2.63. The van der Waals surface area contributed by atoms with Crippen molar-refractivity contribution in [2.45, 2.75) is 37.7 Å². The van der Waals surface area contributed by atoms with Crippen molar-refractivity contribution in [2.24, 2.45) is 0 Å². The molecule has 1 fully saturated rings. The van der Waals surface area contributed by atoms with Gasteiger partial charge in [0.2, 0.25) is 0 Å². The monoisotopic (exact) mass is 219 g/mol. The average Bonchev–Trinajstić information content (AvgIpc) is 2.83. The molecular formula is C14H21NO. The fourth-order valence-corrected chi connectivity index (χ4v) is 2.59. The number of benzene rings is 1. The van der Waals surface area contributed by atoms with Gasteiger partial charge in [-0.3, -0.25) is 0 Å². The Balaban J connectivity index is 2.12. The Bertz CT molecular complexity index is 331. The minimum absolute atomic E-state index is 0.383. The maximum Gasteiger partial charge on any atom is 0.0914 e. The van der Waals surface area contributed by atoms with Crippen molar-refractivity contribution >= 4 is 0 Å². The van der Waals surface area contributed by atoms with Crippen molar-refractivity contribution in [1.82, 2.24) is 5.32 Å². The third-order valence-electron chi connectivity index (χ3n) is 3.52. The molecule has 1 atom stereocenters. The summed E-state index contributed by atoms with van der Waals surface area (Å²) < 4.78 is 0. The van der Waals surface area contributed by atoms with E-state index in [1.54, 1.807) is 0 Å². The van der Waals surface area contributed by atoms with E-state index >= 15 is 0 Å². The zero-order valence-corrected chi connectivity index (χ0v) is 9.95. The van der Waals surface area contributed by atoms with Gasteiger partial charge in [-0.1, -0.05) is 37.1 Å². The highest BCUT2D eigenvalue weighted by atomic mass is 16.3. The van der Waals surface area contributed by atoms with Crippen LogP contribution in [-0.4, -0.2) is 18.7 Å². The van der Waals surface area contributed by atoms with Gasteiger partial charge >= 0.3 is 0 Å². The molecule has 0 heterocycles. The molecule has 0 aromatic heterocycles. The van der Waals surface area contributed by atoms with Gasteiger partial charge in [0.25, 0.3) is 0 Å². The summed E-state index contributed by atoms with van der Waals surface area (Å²) in [4.78, 5) is 0. The molecule has 1 saturated carbocycles. The average molecular weight is 219 g/mol. The largest absolute Gasteiger partial charge is 0.387 e. The number of nitrogens with one attached hydrogen (secondary N) is 1. The molecule has 0 amide bonds. The maximum atomic E-state index is 9.93. The summed E-state index contributed by atoms with van der Waals surface area (Å²) >= 11 is 0. The molecule has 0 aliphatic heterocycles. The van der Waals surface area contributed by atoms with Crippen LogP contribution in [0, 0.1) is 0 Å². The van der Waals surface area contributed by atoms with Gasteiger partial charge in [0.15, 0.2) is 0 Å². The highest BCUT2D eigenvalue weighted by Gasteiger charge is 2.17. The van der Waals surface area contributed by atoms with Crippen molar-refractivity contribution in [3.05, 3.63) is 35.4 Å². The van der Waals surface area contributed by atoms with Crippen LogP contribution in [0.15, 0.2) is 24.3 Å². The first-order chi connectivity index (χ1) is 7.81. The Morgan fingerprint density at radius 3 is 2.81 bits per heavy atom. The lowest BCUT2D eigenvalue weighted by molar-refractivity contribution is 0.177. The van der Waals surface area contributed by atoms with Crippen molar-refractivity contribution in [2.75, 3.05) is 13.6 Å². The normalized spacial score (nSPS) is 18.9. The highest BCUT2D eigenvalue weighted by Crippen LogP contribution is 2.34. The first-order valence-electron chi connectivity index (χ1n) is 6.24. The molecule has 2 heteroatoms. The van der Waals surface area contributed by atoms with Gasteiger partial charge in [-0.2, -0.15) is 0 Å². The molecule has 88 valence electrons. The zero-order valence-electron chi connectivity index (χ0n) is 9.95. The van der Waals surface area contributed by atoms with Crippen LogP contribution >= 0.6 is 0 Å². The Morgan fingerprint density at radius 1 is 1.38 bits per heavy atom. The van der Waals surface area contributed by atoms with Gasteiger partial charge in [0, 0.05) is 6.54 Å². The second-order valence-electron chi connectivity index (χ2n) is 4.72. The van der Waals surface area contributed by atoms with E-state index in [0.717, 1.165) is 11.5 Å². The van der Waals surface area contributed by atoms with Crippen LogP contribution in [-0.2, 0) is 0 Å². The first kappa shape index (κ1) is 11.6. The van der Waals surface area contributed by atoms with Crippen LogP contribution in [0.3, 0.4) is 0 Å². The van der Waals surface area contributed by atoms with E-state index in [9.17, 15) is 5.11 Å². The number of rotatable bonds is 4. The van der Waals surface area contributed by atoms with Crippen LogP contribution in [0.4, 0.5) is 0 Å². The van der Waals surface area contributed by atoms with E-state index in [-0.39, 0.29) is 6.10 Å². The molecule has 1 aliphatic rings. The van der Waals surface area contributed by atoms with Crippen molar-refractivity contribution in [3.63, 3.8) is 0 Å². The summed E-state index contributed by atoms with van der Waals surface area (Å²) in [6, 6.07) is 8.46. The van der Waals surface area contributed by atoms with Crippen LogP contribution in [0.5, 0.6) is 0 Å². The number of aliphatic hydroxyl groups is 1. The predicted molar refractivity (Wildman–Crippen MR) is 66.5 cm³/mol.